The number of hydrogen-bond acceptors (Lipinski definition) is 5. The second kappa shape index (κ2) is 9.30. The molecule has 1 N–H and O–H groups in total. The summed E-state index contributed by atoms with van der Waals surface area (Å²) in [6.07, 6.45) is 0.0734. The molecule has 0 bridgehead atoms. The third kappa shape index (κ3) is 4.69. The maximum Gasteiger partial charge on any atom is 0.304 e. The van der Waals surface area contributed by atoms with Crippen LogP contribution in [-0.4, -0.2) is 29.3 Å². The van der Waals surface area contributed by atoms with Crippen molar-refractivity contribution >= 4 is 5.97 Å². The van der Waals surface area contributed by atoms with E-state index in [1.807, 2.05) is 55.5 Å². The van der Waals surface area contributed by atoms with Crippen molar-refractivity contribution in [2.75, 3.05) is 13.2 Å². The van der Waals surface area contributed by atoms with Crippen LogP contribution in [-0.2, 0) is 11.4 Å². The summed E-state index contributed by atoms with van der Waals surface area (Å²) in [5.41, 5.74) is 6.02. The summed E-state index contributed by atoms with van der Waals surface area (Å²) in [6, 6.07) is 15.6. The molecule has 0 radical (unpaired) electrons. The summed E-state index contributed by atoms with van der Waals surface area (Å²) < 4.78 is 17.3. The minimum Gasteiger partial charge on any atom is -0.494 e. The molecule has 4 rings (SSSR count). The molecule has 1 atom stereocenters. The number of ether oxygens (including phenoxy) is 3. The second-order valence-electron chi connectivity index (χ2n) is 7.99. The molecule has 6 heteroatoms. The molecule has 0 spiro atoms. The molecule has 2 heterocycles. The Morgan fingerprint density at radius 3 is 2.62 bits per heavy atom. The Labute approximate surface area is 187 Å². The van der Waals surface area contributed by atoms with Gasteiger partial charge >= 0.3 is 5.97 Å². The molecule has 0 saturated carbocycles. The third-order valence-electron chi connectivity index (χ3n) is 5.56. The summed E-state index contributed by atoms with van der Waals surface area (Å²) in [5.74, 6) is 1.22. The third-order valence-corrected chi connectivity index (χ3v) is 5.56. The number of aryl methyl sites for hydroxylation is 2. The lowest BCUT2D eigenvalue weighted by atomic mass is 9.97. The summed E-state index contributed by atoms with van der Waals surface area (Å²) in [5, 5.41) is 9.05. The maximum atomic E-state index is 11.0. The van der Waals surface area contributed by atoms with Gasteiger partial charge in [0.25, 0.3) is 0 Å². The summed E-state index contributed by atoms with van der Waals surface area (Å²) >= 11 is 0. The monoisotopic (exact) mass is 433 g/mol. The van der Waals surface area contributed by atoms with E-state index in [1.54, 1.807) is 0 Å². The Morgan fingerprint density at radius 1 is 1.12 bits per heavy atom. The molecule has 1 unspecified atom stereocenters. The molecule has 166 valence electrons. The fourth-order valence-corrected chi connectivity index (χ4v) is 4.16. The van der Waals surface area contributed by atoms with Crippen LogP contribution in [0.1, 0.15) is 41.5 Å². The minimum absolute atomic E-state index is 0.0734. The van der Waals surface area contributed by atoms with Gasteiger partial charge in [-0.3, -0.25) is 4.79 Å². The first-order chi connectivity index (χ1) is 15.4. The van der Waals surface area contributed by atoms with Crippen LogP contribution in [0.3, 0.4) is 0 Å². The first-order valence-corrected chi connectivity index (χ1v) is 10.8. The second-order valence-corrected chi connectivity index (χ2v) is 7.99. The Balaban J connectivity index is 1.48. The molecule has 0 aliphatic carbocycles. The predicted octanol–water partition coefficient (Wildman–Crippen LogP) is 5.29. The highest BCUT2D eigenvalue weighted by atomic mass is 16.5. The van der Waals surface area contributed by atoms with Gasteiger partial charge in [-0.1, -0.05) is 18.2 Å². The van der Waals surface area contributed by atoms with E-state index in [1.165, 1.54) is 0 Å². The number of hydrogen-bond donors (Lipinski definition) is 1. The Hall–Kier alpha value is -3.54. The Kier molecular flexibility index (Phi) is 6.30. The van der Waals surface area contributed by atoms with Gasteiger partial charge in [0.05, 0.1) is 25.3 Å². The van der Waals surface area contributed by atoms with Crippen LogP contribution in [0.4, 0.5) is 0 Å². The number of carboxylic acid groups (broad SMARTS) is 1. The van der Waals surface area contributed by atoms with Gasteiger partial charge in [0.15, 0.2) is 0 Å². The van der Waals surface area contributed by atoms with Crippen molar-refractivity contribution < 1.29 is 24.1 Å². The predicted molar refractivity (Wildman–Crippen MR) is 122 cm³/mol. The molecule has 0 saturated heterocycles. The van der Waals surface area contributed by atoms with E-state index < -0.39 is 5.97 Å². The van der Waals surface area contributed by atoms with Crippen molar-refractivity contribution in [1.29, 1.82) is 0 Å². The van der Waals surface area contributed by atoms with Crippen LogP contribution < -0.4 is 14.2 Å². The lowest BCUT2D eigenvalue weighted by molar-refractivity contribution is -0.137. The van der Waals surface area contributed by atoms with E-state index in [-0.39, 0.29) is 12.3 Å². The number of pyridine rings is 1. The van der Waals surface area contributed by atoms with Crippen molar-refractivity contribution in [2.45, 2.75) is 39.7 Å². The SMILES string of the molecule is CCOc1cc(C)c(-c2cccc(OCc3ccc4c(c3)OCC4CC(=O)O)n2)c(C)c1. The molecule has 0 amide bonds. The number of carbonyl (C=O) groups is 1. The molecular weight excluding hydrogens is 406 g/mol. The number of fused-ring (bicyclic) bond motifs is 1. The molecule has 2 aromatic carbocycles. The van der Waals surface area contributed by atoms with E-state index in [2.05, 4.69) is 13.8 Å². The van der Waals surface area contributed by atoms with E-state index in [4.69, 9.17) is 24.3 Å². The number of rotatable bonds is 8. The Bertz CT molecular complexity index is 1120. The fraction of sp³-hybridized carbons (Fsp3) is 0.308. The summed E-state index contributed by atoms with van der Waals surface area (Å²) in [4.78, 5) is 15.7. The zero-order chi connectivity index (χ0) is 22.7. The maximum absolute atomic E-state index is 11.0. The largest absolute Gasteiger partial charge is 0.494 e. The average molecular weight is 434 g/mol. The topological polar surface area (TPSA) is 77.9 Å². The zero-order valence-electron chi connectivity index (χ0n) is 18.6. The molecule has 32 heavy (non-hydrogen) atoms. The van der Waals surface area contributed by atoms with Crippen molar-refractivity contribution in [3.05, 3.63) is 70.8 Å². The molecular formula is C26H27NO5. The van der Waals surface area contributed by atoms with Crippen molar-refractivity contribution in [1.82, 2.24) is 4.98 Å². The summed E-state index contributed by atoms with van der Waals surface area (Å²) in [7, 11) is 0. The van der Waals surface area contributed by atoms with E-state index in [0.717, 1.165) is 45.0 Å². The van der Waals surface area contributed by atoms with Gasteiger partial charge in [-0.25, -0.2) is 4.98 Å². The number of nitrogens with zero attached hydrogens (tertiary/aromatic N) is 1. The van der Waals surface area contributed by atoms with E-state index >= 15 is 0 Å². The van der Waals surface area contributed by atoms with Gasteiger partial charge in [-0.2, -0.15) is 0 Å². The van der Waals surface area contributed by atoms with Gasteiger partial charge in [0.2, 0.25) is 5.88 Å². The van der Waals surface area contributed by atoms with Crippen LogP contribution >= 0.6 is 0 Å². The number of aromatic nitrogens is 1. The van der Waals surface area contributed by atoms with Crippen LogP contribution in [0.2, 0.25) is 0 Å². The molecule has 3 aromatic rings. The lowest BCUT2D eigenvalue weighted by Gasteiger charge is -2.14. The van der Waals surface area contributed by atoms with Crippen LogP contribution in [0.15, 0.2) is 48.5 Å². The molecule has 1 aliphatic rings. The standard InChI is InChI=1S/C26H27NO5/c1-4-30-20-10-16(2)26(17(3)11-20)22-6-5-7-24(27-22)32-14-18-8-9-21-19(13-25(28)29)15-31-23(21)12-18/h5-12,19H,4,13-15H2,1-3H3,(H,28,29). The zero-order valence-corrected chi connectivity index (χ0v) is 18.6. The molecule has 6 nitrogen and oxygen atoms in total. The highest BCUT2D eigenvalue weighted by molar-refractivity contribution is 5.69. The minimum atomic E-state index is -0.817. The van der Waals surface area contributed by atoms with Gasteiger partial charge in [-0.15, -0.1) is 0 Å². The first-order valence-electron chi connectivity index (χ1n) is 10.8. The van der Waals surface area contributed by atoms with Crippen LogP contribution in [0.5, 0.6) is 17.4 Å². The first kappa shape index (κ1) is 21.7. The normalized spacial score (nSPS) is 14.5. The number of carboxylic acids is 1. The Morgan fingerprint density at radius 2 is 1.91 bits per heavy atom. The highest BCUT2D eigenvalue weighted by Crippen LogP contribution is 2.37. The van der Waals surface area contributed by atoms with Crippen molar-refractivity contribution in [3.63, 3.8) is 0 Å². The lowest BCUT2D eigenvalue weighted by Crippen LogP contribution is -2.07. The van der Waals surface area contributed by atoms with Gasteiger partial charge in [0, 0.05) is 23.1 Å². The smallest absolute Gasteiger partial charge is 0.304 e. The highest BCUT2D eigenvalue weighted by Gasteiger charge is 2.26. The van der Waals surface area contributed by atoms with E-state index in [9.17, 15) is 4.79 Å². The van der Waals surface area contributed by atoms with Gasteiger partial charge in [-0.05, 0) is 61.7 Å². The quantitative estimate of drug-likeness (QED) is 0.520. The number of benzene rings is 2. The molecule has 1 aliphatic heterocycles. The molecule has 1 aromatic heterocycles. The molecule has 0 fully saturated rings. The van der Waals surface area contributed by atoms with Gasteiger partial charge < -0.3 is 19.3 Å². The van der Waals surface area contributed by atoms with Crippen molar-refractivity contribution in [3.8, 4) is 28.6 Å². The summed E-state index contributed by atoms with van der Waals surface area (Å²) in [6.45, 7) is 7.47. The van der Waals surface area contributed by atoms with Crippen LogP contribution in [0, 0.1) is 13.8 Å². The van der Waals surface area contributed by atoms with Crippen LogP contribution in [0.25, 0.3) is 11.3 Å². The average Bonchev–Trinajstić information content (AvgIpc) is 3.14. The van der Waals surface area contributed by atoms with Gasteiger partial charge in [0.1, 0.15) is 18.1 Å². The number of aliphatic carboxylic acids is 1. The fourth-order valence-electron chi connectivity index (χ4n) is 4.16. The van der Waals surface area contributed by atoms with E-state index in [0.29, 0.717) is 25.7 Å². The van der Waals surface area contributed by atoms with Crippen molar-refractivity contribution in [2.24, 2.45) is 0 Å².